The molecule has 1 aliphatic carbocycles. The van der Waals surface area contributed by atoms with Gasteiger partial charge in [-0.25, -0.2) is 14.6 Å². The molecule has 0 bridgehead atoms. The molecule has 0 fully saturated rings. The van der Waals surface area contributed by atoms with Crippen LogP contribution in [0.15, 0.2) is 79.0 Å². The molecule has 0 saturated heterocycles. The van der Waals surface area contributed by atoms with Crippen LogP contribution >= 0.6 is 0 Å². The first-order valence-corrected chi connectivity index (χ1v) is 10.3. The monoisotopic (exact) mass is 438 g/mol. The van der Waals surface area contributed by atoms with Crippen molar-refractivity contribution in [2.75, 3.05) is 11.9 Å². The van der Waals surface area contributed by atoms with Gasteiger partial charge < -0.3 is 9.84 Å². The van der Waals surface area contributed by atoms with E-state index in [2.05, 4.69) is 32.6 Å². The Morgan fingerprint density at radius 1 is 0.939 bits per heavy atom. The van der Waals surface area contributed by atoms with Crippen molar-refractivity contribution >= 4 is 18.0 Å². The molecule has 0 atom stereocenters. The summed E-state index contributed by atoms with van der Waals surface area (Å²) in [5, 5.41) is 19.4. The van der Waals surface area contributed by atoms with Crippen molar-refractivity contribution in [3.63, 3.8) is 0 Å². The van der Waals surface area contributed by atoms with E-state index in [0.717, 1.165) is 22.3 Å². The van der Waals surface area contributed by atoms with E-state index in [1.165, 1.54) is 18.3 Å². The average Bonchev–Trinajstić information content (AvgIpc) is 3.17. The summed E-state index contributed by atoms with van der Waals surface area (Å²) in [6, 6.07) is 22.4. The molecule has 8 nitrogen and oxygen atoms in total. The minimum absolute atomic E-state index is 0.0366. The maximum Gasteiger partial charge on any atom is 0.414 e. The Morgan fingerprint density at radius 3 is 2.33 bits per heavy atom. The molecule has 162 valence electrons. The lowest BCUT2D eigenvalue weighted by atomic mass is 9.98. The van der Waals surface area contributed by atoms with Gasteiger partial charge in [-0.3, -0.25) is 5.32 Å². The topological polar surface area (TPSA) is 114 Å². The van der Waals surface area contributed by atoms with E-state index in [9.17, 15) is 14.7 Å². The van der Waals surface area contributed by atoms with Crippen molar-refractivity contribution in [1.82, 2.24) is 15.2 Å². The van der Waals surface area contributed by atoms with Crippen molar-refractivity contribution in [2.24, 2.45) is 0 Å². The van der Waals surface area contributed by atoms with E-state index in [1.807, 2.05) is 36.4 Å². The highest BCUT2D eigenvalue weighted by molar-refractivity contribution is 5.89. The minimum Gasteiger partial charge on any atom is -0.478 e. The molecule has 1 aromatic heterocycles. The number of carboxylic acid groups (broad SMARTS) is 1. The number of anilines is 1. The zero-order valence-electron chi connectivity index (χ0n) is 17.3. The summed E-state index contributed by atoms with van der Waals surface area (Å²) in [7, 11) is 0. The highest BCUT2D eigenvalue weighted by Crippen LogP contribution is 2.44. The van der Waals surface area contributed by atoms with Gasteiger partial charge in [-0.2, -0.15) is 5.10 Å². The molecule has 4 aromatic rings. The highest BCUT2D eigenvalue weighted by atomic mass is 16.5. The SMILES string of the molecule is O=C(Nc1nncc(-c2cccc(C(=O)O)c2)n1)OCC1c2ccccc2-c2ccccc21. The van der Waals surface area contributed by atoms with E-state index in [1.54, 1.807) is 12.1 Å². The average molecular weight is 438 g/mol. The second-order valence-corrected chi connectivity index (χ2v) is 7.50. The maximum atomic E-state index is 12.5. The van der Waals surface area contributed by atoms with Crippen molar-refractivity contribution in [3.8, 4) is 22.4 Å². The van der Waals surface area contributed by atoms with Crippen molar-refractivity contribution in [3.05, 3.63) is 95.7 Å². The Morgan fingerprint density at radius 2 is 1.64 bits per heavy atom. The van der Waals surface area contributed by atoms with Gasteiger partial charge in [0.15, 0.2) is 0 Å². The number of hydrogen-bond acceptors (Lipinski definition) is 6. The summed E-state index contributed by atoms with van der Waals surface area (Å²) in [5.74, 6) is -1.14. The number of benzene rings is 3. The number of nitrogens with zero attached hydrogens (tertiary/aromatic N) is 3. The first-order valence-electron chi connectivity index (χ1n) is 10.3. The molecule has 33 heavy (non-hydrogen) atoms. The van der Waals surface area contributed by atoms with Gasteiger partial charge in [-0.05, 0) is 34.4 Å². The van der Waals surface area contributed by atoms with Crippen LogP contribution in [0.25, 0.3) is 22.4 Å². The molecule has 1 heterocycles. The molecule has 1 amide bonds. The molecule has 1 aliphatic rings. The second kappa shape index (κ2) is 8.51. The largest absolute Gasteiger partial charge is 0.478 e. The number of hydrogen-bond donors (Lipinski definition) is 2. The van der Waals surface area contributed by atoms with Gasteiger partial charge in [0.1, 0.15) is 6.61 Å². The molecule has 0 spiro atoms. The van der Waals surface area contributed by atoms with Crippen LogP contribution in [0.4, 0.5) is 10.7 Å². The molecule has 0 saturated carbocycles. The summed E-state index contributed by atoms with van der Waals surface area (Å²) >= 11 is 0. The molecule has 3 aromatic carbocycles. The van der Waals surface area contributed by atoms with Crippen molar-refractivity contribution < 1.29 is 19.4 Å². The Hall–Kier alpha value is -4.59. The predicted octanol–water partition coefficient (Wildman–Crippen LogP) is 4.60. The lowest BCUT2D eigenvalue weighted by Crippen LogP contribution is -2.19. The normalized spacial score (nSPS) is 12.0. The maximum absolute atomic E-state index is 12.5. The highest BCUT2D eigenvalue weighted by Gasteiger charge is 2.29. The number of rotatable bonds is 5. The standard InChI is InChI=1S/C25H18N4O4/c30-23(31)16-7-5-6-15(12-16)22-13-26-29-24(27-22)28-25(32)33-14-21-19-10-3-1-8-17(19)18-9-2-4-11-20(18)21/h1-13,21H,14H2,(H,30,31)(H,27,28,29,32). The Bertz CT molecular complexity index is 1330. The molecule has 0 radical (unpaired) electrons. The third kappa shape index (κ3) is 4.01. The van der Waals surface area contributed by atoms with Crippen LogP contribution in [-0.4, -0.2) is 39.0 Å². The van der Waals surface area contributed by atoms with Crippen LogP contribution in [0, 0.1) is 0 Å². The van der Waals surface area contributed by atoms with Crippen LogP contribution in [-0.2, 0) is 4.74 Å². The van der Waals surface area contributed by atoms with Gasteiger partial charge >= 0.3 is 12.1 Å². The third-order valence-corrected chi connectivity index (χ3v) is 5.52. The summed E-state index contributed by atoms with van der Waals surface area (Å²) in [6.07, 6.45) is 0.694. The van der Waals surface area contributed by atoms with Crippen LogP contribution in [0.5, 0.6) is 0 Å². The summed E-state index contributed by atoms with van der Waals surface area (Å²) < 4.78 is 5.50. The molecule has 5 rings (SSSR count). The van der Waals surface area contributed by atoms with E-state index >= 15 is 0 Å². The zero-order valence-corrected chi connectivity index (χ0v) is 17.3. The number of fused-ring (bicyclic) bond motifs is 3. The fraction of sp³-hybridized carbons (Fsp3) is 0.0800. The second-order valence-electron chi connectivity index (χ2n) is 7.50. The number of aromatic nitrogens is 3. The summed E-state index contributed by atoms with van der Waals surface area (Å²) in [4.78, 5) is 27.9. The number of carbonyl (C=O) groups is 2. The van der Waals surface area contributed by atoms with Gasteiger partial charge in [0.05, 0.1) is 17.5 Å². The van der Waals surface area contributed by atoms with Gasteiger partial charge in [0.25, 0.3) is 5.95 Å². The Kier molecular flexibility index (Phi) is 5.24. The quantitative estimate of drug-likeness (QED) is 0.468. The van der Waals surface area contributed by atoms with Crippen LogP contribution in [0.3, 0.4) is 0 Å². The number of amides is 1. The van der Waals surface area contributed by atoms with Gasteiger partial charge in [0, 0.05) is 11.5 Å². The van der Waals surface area contributed by atoms with E-state index in [0.29, 0.717) is 11.3 Å². The fourth-order valence-electron chi connectivity index (χ4n) is 4.03. The van der Waals surface area contributed by atoms with Crippen LogP contribution in [0.2, 0.25) is 0 Å². The zero-order chi connectivity index (χ0) is 22.8. The molecule has 8 heteroatoms. The number of carbonyl (C=O) groups excluding carboxylic acids is 1. The van der Waals surface area contributed by atoms with E-state index < -0.39 is 12.1 Å². The van der Waals surface area contributed by atoms with Crippen molar-refractivity contribution in [2.45, 2.75) is 5.92 Å². The number of ether oxygens (including phenoxy) is 1. The van der Waals surface area contributed by atoms with Gasteiger partial charge in [-0.15, -0.1) is 5.10 Å². The van der Waals surface area contributed by atoms with Crippen molar-refractivity contribution in [1.29, 1.82) is 0 Å². The van der Waals surface area contributed by atoms with E-state index in [4.69, 9.17) is 4.74 Å². The van der Waals surface area contributed by atoms with Crippen LogP contribution < -0.4 is 5.32 Å². The number of carboxylic acids is 1. The minimum atomic E-state index is -1.05. The lowest BCUT2D eigenvalue weighted by Gasteiger charge is -2.14. The molecule has 0 aliphatic heterocycles. The Balaban J connectivity index is 1.29. The lowest BCUT2D eigenvalue weighted by molar-refractivity contribution is 0.0697. The molecule has 2 N–H and O–H groups in total. The predicted molar refractivity (Wildman–Crippen MR) is 121 cm³/mol. The fourth-order valence-corrected chi connectivity index (χ4v) is 4.03. The summed E-state index contributed by atoms with van der Waals surface area (Å²) in [5.41, 5.74) is 5.56. The number of nitrogens with one attached hydrogen (secondary N) is 1. The first kappa shape index (κ1) is 20.3. The van der Waals surface area contributed by atoms with Crippen LogP contribution in [0.1, 0.15) is 27.4 Å². The smallest absolute Gasteiger partial charge is 0.414 e. The van der Waals surface area contributed by atoms with Gasteiger partial charge in [0.2, 0.25) is 0 Å². The molecular weight excluding hydrogens is 420 g/mol. The number of aromatic carboxylic acids is 1. The molecule has 0 unspecified atom stereocenters. The summed E-state index contributed by atoms with van der Waals surface area (Å²) in [6.45, 7) is 0.160. The first-order chi connectivity index (χ1) is 16.1. The van der Waals surface area contributed by atoms with Gasteiger partial charge in [-0.1, -0.05) is 60.7 Å². The van der Waals surface area contributed by atoms with E-state index in [-0.39, 0.29) is 24.0 Å². The Labute approximate surface area is 188 Å². The molecular formula is C25H18N4O4. The third-order valence-electron chi connectivity index (χ3n) is 5.52.